The van der Waals surface area contributed by atoms with Crippen LogP contribution in [0.2, 0.25) is 0 Å². The van der Waals surface area contributed by atoms with Gasteiger partial charge in [-0.3, -0.25) is 4.79 Å². The van der Waals surface area contributed by atoms with Crippen molar-refractivity contribution in [2.45, 2.75) is 90.4 Å². The van der Waals surface area contributed by atoms with Gasteiger partial charge in [-0.1, -0.05) is 64.7 Å². The average Bonchev–Trinajstić information content (AvgIpc) is 2.45. The van der Waals surface area contributed by atoms with E-state index >= 15 is 0 Å². The van der Waals surface area contributed by atoms with E-state index in [1.54, 1.807) is 0 Å². The highest BCUT2D eigenvalue weighted by molar-refractivity contribution is 5.75. The van der Waals surface area contributed by atoms with Gasteiger partial charge >= 0.3 is 0 Å². The van der Waals surface area contributed by atoms with E-state index in [1.165, 1.54) is 57.8 Å². The molecule has 0 fully saturated rings. The molecule has 0 atom stereocenters. The van der Waals surface area contributed by atoms with Crippen LogP contribution in [0.4, 0.5) is 0 Å². The van der Waals surface area contributed by atoms with Crippen LogP contribution in [0, 0.1) is 0 Å². The molecule has 3 N–H and O–H groups in total. The standard InChI is InChI=1S/C17H36N2O/c1-2-3-4-5-6-7-8-11-14-17(20)19-16-13-10-9-12-15-18/h2-16,18H2,1H3,(H,19,20). The van der Waals surface area contributed by atoms with E-state index in [4.69, 9.17) is 5.73 Å². The Hall–Kier alpha value is -0.570. The molecule has 0 unspecified atom stereocenters. The van der Waals surface area contributed by atoms with E-state index in [9.17, 15) is 4.79 Å². The fourth-order valence-electron chi connectivity index (χ4n) is 2.36. The predicted molar refractivity (Wildman–Crippen MR) is 87.8 cm³/mol. The first kappa shape index (κ1) is 19.4. The summed E-state index contributed by atoms with van der Waals surface area (Å²) in [6.45, 7) is 3.86. The van der Waals surface area contributed by atoms with Gasteiger partial charge in [-0.15, -0.1) is 0 Å². The van der Waals surface area contributed by atoms with Crippen molar-refractivity contribution in [3.8, 4) is 0 Å². The predicted octanol–water partition coefficient (Wildman–Crippen LogP) is 4.15. The molecular weight excluding hydrogens is 248 g/mol. The fourth-order valence-corrected chi connectivity index (χ4v) is 2.36. The molecule has 0 aromatic carbocycles. The monoisotopic (exact) mass is 284 g/mol. The summed E-state index contributed by atoms with van der Waals surface area (Å²) in [7, 11) is 0. The lowest BCUT2D eigenvalue weighted by molar-refractivity contribution is -0.121. The van der Waals surface area contributed by atoms with Gasteiger partial charge in [-0.25, -0.2) is 0 Å². The summed E-state index contributed by atoms with van der Waals surface area (Å²) >= 11 is 0. The van der Waals surface area contributed by atoms with Crippen LogP contribution in [0.1, 0.15) is 90.4 Å². The SMILES string of the molecule is CCCCCCCCCCC(=O)NCCCCCCN. The zero-order chi connectivity index (χ0) is 14.9. The molecule has 0 aliphatic heterocycles. The van der Waals surface area contributed by atoms with Crippen molar-refractivity contribution in [2.24, 2.45) is 5.73 Å². The van der Waals surface area contributed by atoms with Crippen molar-refractivity contribution in [2.75, 3.05) is 13.1 Å². The molecule has 0 aliphatic carbocycles. The average molecular weight is 284 g/mol. The van der Waals surface area contributed by atoms with Gasteiger partial charge in [0.05, 0.1) is 0 Å². The minimum absolute atomic E-state index is 0.231. The molecule has 120 valence electrons. The normalized spacial score (nSPS) is 10.7. The Morgan fingerprint density at radius 1 is 0.800 bits per heavy atom. The third kappa shape index (κ3) is 15.5. The second-order valence-corrected chi connectivity index (χ2v) is 5.78. The molecule has 20 heavy (non-hydrogen) atoms. The Morgan fingerprint density at radius 2 is 1.35 bits per heavy atom. The van der Waals surface area contributed by atoms with E-state index in [0.717, 1.165) is 32.4 Å². The highest BCUT2D eigenvalue weighted by Gasteiger charge is 2.00. The Balaban J connectivity index is 3.12. The summed E-state index contributed by atoms with van der Waals surface area (Å²) in [6, 6.07) is 0. The number of hydrogen-bond acceptors (Lipinski definition) is 2. The maximum absolute atomic E-state index is 11.6. The number of amides is 1. The number of rotatable bonds is 15. The Bertz CT molecular complexity index is 207. The van der Waals surface area contributed by atoms with Gasteiger partial charge in [-0.05, 0) is 25.8 Å². The van der Waals surface area contributed by atoms with Crippen molar-refractivity contribution in [1.82, 2.24) is 5.32 Å². The second kappa shape index (κ2) is 16.5. The summed E-state index contributed by atoms with van der Waals surface area (Å²) in [5.74, 6) is 0.231. The van der Waals surface area contributed by atoms with Crippen molar-refractivity contribution in [1.29, 1.82) is 0 Å². The van der Waals surface area contributed by atoms with Gasteiger partial charge in [0.1, 0.15) is 0 Å². The lowest BCUT2D eigenvalue weighted by Gasteiger charge is -2.05. The molecular formula is C17H36N2O. The molecule has 0 aromatic rings. The number of carbonyl (C=O) groups excluding carboxylic acids is 1. The third-order valence-electron chi connectivity index (χ3n) is 3.71. The van der Waals surface area contributed by atoms with E-state index in [1.807, 2.05) is 0 Å². The minimum atomic E-state index is 0.231. The largest absolute Gasteiger partial charge is 0.356 e. The third-order valence-corrected chi connectivity index (χ3v) is 3.71. The van der Waals surface area contributed by atoms with Crippen molar-refractivity contribution in [3.63, 3.8) is 0 Å². The van der Waals surface area contributed by atoms with Crippen LogP contribution in [0.25, 0.3) is 0 Å². The molecule has 0 heterocycles. The van der Waals surface area contributed by atoms with Crippen molar-refractivity contribution in [3.05, 3.63) is 0 Å². The molecule has 0 radical (unpaired) electrons. The molecule has 3 nitrogen and oxygen atoms in total. The van der Waals surface area contributed by atoms with Gasteiger partial charge in [0.15, 0.2) is 0 Å². The van der Waals surface area contributed by atoms with Crippen LogP contribution in [0.5, 0.6) is 0 Å². The summed E-state index contributed by atoms with van der Waals surface area (Å²) < 4.78 is 0. The van der Waals surface area contributed by atoms with Crippen LogP contribution in [-0.2, 0) is 4.79 Å². The molecule has 1 amide bonds. The maximum Gasteiger partial charge on any atom is 0.219 e. The first-order valence-corrected chi connectivity index (χ1v) is 8.78. The highest BCUT2D eigenvalue weighted by atomic mass is 16.1. The van der Waals surface area contributed by atoms with Crippen LogP contribution in [0.15, 0.2) is 0 Å². The van der Waals surface area contributed by atoms with Crippen LogP contribution in [0.3, 0.4) is 0 Å². The highest BCUT2D eigenvalue weighted by Crippen LogP contribution is 2.09. The number of hydrogen-bond donors (Lipinski definition) is 2. The van der Waals surface area contributed by atoms with Gasteiger partial charge in [0, 0.05) is 13.0 Å². The minimum Gasteiger partial charge on any atom is -0.356 e. The Kier molecular flexibility index (Phi) is 16.0. The quantitative estimate of drug-likeness (QED) is 0.444. The first-order valence-electron chi connectivity index (χ1n) is 8.78. The second-order valence-electron chi connectivity index (χ2n) is 5.78. The molecule has 0 aliphatic rings. The molecule has 0 saturated carbocycles. The maximum atomic E-state index is 11.6. The van der Waals surface area contributed by atoms with Crippen LogP contribution in [-0.4, -0.2) is 19.0 Å². The lowest BCUT2D eigenvalue weighted by Crippen LogP contribution is -2.23. The topological polar surface area (TPSA) is 55.1 Å². The molecule has 0 saturated heterocycles. The zero-order valence-corrected chi connectivity index (χ0v) is 13.6. The van der Waals surface area contributed by atoms with E-state index in [2.05, 4.69) is 12.2 Å². The van der Waals surface area contributed by atoms with E-state index < -0.39 is 0 Å². The molecule has 3 heteroatoms. The number of nitrogens with two attached hydrogens (primary N) is 1. The number of nitrogens with one attached hydrogen (secondary N) is 1. The summed E-state index contributed by atoms with van der Waals surface area (Å²) in [6.07, 6.45) is 15.6. The summed E-state index contributed by atoms with van der Waals surface area (Å²) in [5, 5.41) is 3.01. The Labute approximate surface area is 126 Å². The molecule has 0 rings (SSSR count). The lowest BCUT2D eigenvalue weighted by atomic mass is 10.1. The number of carbonyl (C=O) groups is 1. The van der Waals surface area contributed by atoms with E-state index in [-0.39, 0.29) is 5.91 Å². The van der Waals surface area contributed by atoms with Crippen molar-refractivity contribution >= 4 is 5.91 Å². The van der Waals surface area contributed by atoms with Gasteiger partial charge in [-0.2, -0.15) is 0 Å². The summed E-state index contributed by atoms with van der Waals surface area (Å²) in [5.41, 5.74) is 5.44. The van der Waals surface area contributed by atoms with Crippen LogP contribution >= 0.6 is 0 Å². The van der Waals surface area contributed by atoms with E-state index in [0.29, 0.717) is 6.42 Å². The van der Waals surface area contributed by atoms with Crippen molar-refractivity contribution < 1.29 is 4.79 Å². The molecule has 0 aromatic heterocycles. The smallest absolute Gasteiger partial charge is 0.219 e. The number of unbranched alkanes of at least 4 members (excludes halogenated alkanes) is 10. The zero-order valence-electron chi connectivity index (χ0n) is 13.6. The Morgan fingerprint density at radius 3 is 2.00 bits per heavy atom. The first-order chi connectivity index (χ1) is 9.81. The van der Waals surface area contributed by atoms with Gasteiger partial charge < -0.3 is 11.1 Å². The van der Waals surface area contributed by atoms with Gasteiger partial charge in [0.25, 0.3) is 0 Å². The van der Waals surface area contributed by atoms with Crippen LogP contribution < -0.4 is 11.1 Å². The molecule has 0 bridgehead atoms. The fraction of sp³-hybridized carbons (Fsp3) is 0.941. The summed E-state index contributed by atoms with van der Waals surface area (Å²) in [4.78, 5) is 11.6. The molecule has 0 spiro atoms. The van der Waals surface area contributed by atoms with Gasteiger partial charge in [0.2, 0.25) is 5.91 Å².